The summed E-state index contributed by atoms with van der Waals surface area (Å²) < 4.78 is 23.8. The number of hydrogen-bond donors (Lipinski definition) is 0. The lowest BCUT2D eigenvalue weighted by atomic mass is 9.78. The summed E-state index contributed by atoms with van der Waals surface area (Å²) in [4.78, 5) is 14.9. The van der Waals surface area contributed by atoms with Gasteiger partial charge in [0.1, 0.15) is 0 Å². The van der Waals surface area contributed by atoms with Gasteiger partial charge in [0.25, 0.3) is 0 Å². The van der Waals surface area contributed by atoms with Gasteiger partial charge in [0.05, 0.1) is 23.9 Å². The molecule has 6 nitrogen and oxygen atoms in total. The lowest BCUT2D eigenvalue weighted by Gasteiger charge is -2.43. The maximum absolute atomic E-state index is 13.1. The summed E-state index contributed by atoms with van der Waals surface area (Å²) >= 11 is 0. The maximum atomic E-state index is 13.1. The minimum Gasteiger partial charge on any atom is -0.435 e. The van der Waals surface area contributed by atoms with Gasteiger partial charge in [-0.05, 0) is 51.2 Å². The second-order valence-corrected chi connectivity index (χ2v) is 10.0. The van der Waals surface area contributed by atoms with E-state index in [1.807, 2.05) is 89.2 Å². The summed E-state index contributed by atoms with van der Waals surface area (Å²) in [5, 5.41) is 0. The molecule has 4 rings (SSSR count). The number of rotatable bonds is 6. The molecule has 0 spiro atoms. The van der Waals surface area contributed by atoms with Crippen LogP contribution in [0.25, 0.3) is 0 Å². The Kier molecular flexibility index (Phi) is 6.33. The van der Waals surface area contributed by atoms with Crippen LogP contribution < -0.4 is 5.46 Å². The van der Waals surface area contributed by atoms with Crippen LogP contribution in [0.1, 0.15) is 58.2 Å². The van der Waals surface area contributed by atoms with E-state index in [1.165, 1.54) is 0 Å². The number of cyclic esters (lactones) is 1. The summed E-state index contributed by atoms with van der Waals surface area (Å²) in [6.45, 7) is 11.1. The SMILES string of the molecule is COCC1(c2ccccc2)CCN([C@@H](C)c2ccc(B3OC(C)(C)C(C)(C)O3)cc2)C(=O)O1. The van der Waals surface area contributed by atoms with Crippen molar-refractivity contribution in [3.8, 4) is 0 Å². The number of carbonyl (C=O) groups is 1. The molecule has 1 unspecified atom stereocenters. The summed E-state index contributed by atoms with van der Waals surface area (Å²) in [6.07, 6.45) is 0.331. The summed E-state index contributed by atoms with van der Waals surface area (Å²) in [7, 11) is 1.23. The zero-order valence-electron chi connectivity index (χ0n) is 20.5. The summed E-state index contributed by atoms with van der Waals surface area (Å²) in [5.74, 6) is 0. The number of ether oxygens (including phenoxy) is 2. The highest BCUT2D eigenvalue weighted by Crippen LogP contribution is 2.38. The Morgan fingerprint density at radius 3 is 2.15 bits per heavy atom. The molecule has 2 fully saturated rings. The second-order valence-electron chi connectivity index (χ2n) is 10.0. The van der Waals surface area contributed by atoms with E-state index in [0.29, 0.717) is 19.6 Å². The first-order valence-electron chi connectivity index (χ1n) is 11.6. The third-order valence-electron chi connectivity index (χ3n) is 7.36. The van der Waals surface area contributed by atoms with E-state index in [9.17, 15) is 4.79 Å². The minimum atomic E-state index is -0.760. The Morgan fingerprint density at radius 1 is 1.00 bits per heavy atom. The lowest BCUT2D eigenvalue weighted by molar-refractivity contribution is -0.0964. The molecule has 0 aromatic heterocycles. The fourth-order valence-electron chi connectivity index (χ4n) is 4.47. The van der Waals surface area contributed by atoms with Crippen LogP contribution in [0.15, 0.2) is 54.6 Å². The van der Waals surface area contributed by atoms with Crippen molar-refractivity contribution in [2.24, 2.45) is 0 Å². The zero-order valence-corrected chi connectivity index (χ0v) is 20.5. The van der Waals surface area contributed by atoms with Crippen LogP contribution in [0, 0.1) is 0 Å². The highest BCUT2D eigenvalue weighted by molar-refractivity contribution is 6.62. The molecule has 2 aliphatic rings. The quantitative estimate of drug-likeness (QED) is 0.609. The van der Waals surface area contributed by atoms with Gasteiger partial charge in [0.15, 0.2) is 5.60 Å². The maximum Gasteiger partial charge on any atom is 0.494 e. The highest BCUT2D eigenvalue weighted by atomic mass is 16.7. The van der Waals surface area contributed by atoms with Crippen molar-refractivity contribution in [3.63, 3.8) is 0 Å². The van der Waals surface area contributed by atoms with Crippen molar-refractivity contribution >= 4 is 18.7 Å². The molecule has 2 heterocycles. The van der Waals surface area contributed by atoms with Crippen LogP contribution in [0.4, 0.5) is 4.79 Å². The summed E-state index contributed by atoms with van der Waals surface area (Å²) in [5.41, 5.74) is 1.44. The Balaban J connectivity index is 1.47. The molecule has 2 saturated heterocycles. The van der Waals surface area contributed by atoms with Gasteiger partial charge >= 0.3 is 13.2 Å². The van der Waals surface area contributed by atoms with E-state index in [0.717, 1.165) is 16.6 Å². The average Bonchev–Trinajstić information content (AvgIpc) is 3.01. The second kappa shape index (κ2) is 8.78. The van der Waals surface area contributed by atoms with E-state index in [4.69, 9.17) is 18.8 Å². The van der Waals surface area contributed by atoms with Crippen molar-refractivity contribution in [2.75, 3.05) is 20.3 Å². The van der Waals surface area contributed by atoms with E-state index < -0.39 is 12.7 Å². The fraction of sp³-hybridized carbons (Fsp3) is 0.500. The zero-order chi connectivity index (χ0) is 23.9. The minimum absolute atomic E-state index is 0.124. The predicted octanol–water partition coefficient (Wildman–Crippen LogP) is 4.43. The molecule has 2 atom stereocenters. The third-order valence-corrected chi connectivity index (χ3v) is 7.36. The van der Waals surface area contributed by atoms with Crippen molar-refractivity contribution in [2.45, 2.75) is 63.9 Å². The monoisotopic (exact) mass is 451 g/mol. The standard InChI is InChI=1S/C26H34BNO5/c1-19(20-12-14-22(15-13-20)27-32-24(2,3)25(4,5)33-27)28-17-16-26(18-30-6,31-23(28)29)21-10-8-7-9-11-21/h7-15,19H,16-18H2,1-6H3/t19-,26?/m0/s1. The van der Waals surface area contributed by atoms with Crippen molar-refractivity contribution in [3.05, 3.63) is 65.7 Å². The molecule has 33 heavy (non-hydrogen) atoms. The lowest BCUT2D eigenvalue weighted by Crippen LogP contribution is -2.50. The molecule has 0 saturated carbocycles. The molecule has 0 aliphatic carbocycles. The van der Waals surface area contributed by atoms with Crippen LogP contribution >= 0.6 is 0 Å². The van der Waals surface area contributed by atoms with Gasteiger partial charge in [-0.25, -0.2) is 4.79 Å². The number of methoxy groups -OCH3 is 1. The molecule has 176 valence electrons. The average molecular weight is 451 g/mol. The Bertz CT molecular complexity index is 962. The number of benzene rings is 2. The normalized spacial score (nSPS) is 25.1. The number of nitrogens with zero attached hydrogens (tertiary/aromatic N) is 1. The molecular formula is C26H34BNO5. The molecule has 2 aliphatic heterocycles. The summed E-state index contributed by atoms with van der Waals surface area (Å²) in [6, 6.07) is 17.8. The number of carbonyl (C=O) groups excluding carboxylic acids is 1. The molecule has 0 bridgehead atoms. The molecule has 2 aromatic carbocycles. The predicted molar refractivity (Wildman–Crippen MR) is 128 cm³/mol. The van der Waals surface area contributed by atoms with Crippen molar-refractivity contribution in [1.82, 2.24) is 4.90 Å². The molecule has 0 radical (unpaired) electrons. The molecule has 1 amide bonds. The van der Waals surface area contributed by atoms with Gasteiger partial charge in [-0.1, -0.05) is 54.6 Å². The molecule has 7 heteroatoms. The van der Waals surface area contributed by atoms with Crippen LogP contribution in [-0.4, -0.2) is 49.6 Å². The smallest absolute Gasteiger partial charge is 0.435 e. The van der Waals surface area contributed by atoms with Gasteiger partial charge in [0.2, 0.25) is 0 Å². The van der Waals surface area contributed by atoms with Crippen LogP contribution in [0.5, 0.6) is 0 Å². The van der Waals surface area contributed by atoms with E-state index >= 15 is 0 Å². The highest BCUT2D eigenvalue weighted by Gasteiger charge is 2.51. The van der Waals surface area contributed by atoms with Gasteiger partial charge < -0.3 is 23.7 Å². The Labute approximate surface area is 197 Å². The van der Waals surface area contributed by atoms with Gasteiger partial charge in [-0.3, -0.25) is 0 Å². The van der Waals surface area contributed by atoms with Crippen LogP contribution in [0.3, 0.4) is 0 Å². The number of amides is 1. The van der Waals surface area contributed by atoms with E-state index in [-0.39, 0.29) is 23.3 Å². The Morgan fingerprint density at radius 2 is 1.61 bits per heavy atom. The fourth-order valence-corrected chi connectivity index (χ4v) is 4.47. The van der Waals surface area contributed by atoms with E-state index in [2.05, 4.69) is 0 Å². The van der Waals surface area contributed by atoms with Gasteiger partial charge in [-0.15, -0.1) is 0 Å². The first-order chi connectivity index (χ1) is 15.6. The largest absolute Gasteiger partial charge is 0.494 e. The van der Waals surface area contributed by atoms with Crippen molar-refractivity contribution in [1.29, 1.82) is 0 Å². The molecule has 2 aromatic rings. The van der Waals surface area contributed by atoms with Crippen LogP contribution in [-0.2, 0) is 24.4 Å². The first-order valence-corrected chi connectivity index (χ1v) is 11.6. The van der Waals surface area contributed by atoms with E-state index in [1.54, 1.807) is 12.0 Å². The Hall–Kier alpha value is -2.35. The molecular weight excluding hydrogens is 417 g/mol. The van der Waals surface area contributed by atoms with Gasteiger partial charge in [-0.2, -0.15) is 0 Å². The third kappa shape index (κ3) is 4.42. The van der Waals surface area contributed by atoms with Gasteiger partial charge in [0, 0.05) is 20.1 Å². The molecule has 0 N–H and O–H groups in total. The first kappa shape index (κ1) is 23.8. The van der Waals surface area contributed by atoms with Crippen LogP contribution in [0.2, 0.25) is 0 Å². The topological polar surface area (TPSA) is 57.2 Å². The van der Waals surface area contributed by atoms with Crippen molar-refractivity contribution < 1.29 is 23.6 Å². The number of hydrogen-bond acceptors (Lipinski definition) is 5.